The van der Waals surface area contributed by atoms with Crippen molar-refractivity contribution in [3.05, 3.63) is 40.6 Å². The van der Waals surface area contributed by atoms with E-state index < -0.39 is 15.9 Å². The fraction of sp³-hybridized carbons (Fsp3) is 0.267. The van der Waals surface area contributed by atoms with Crippen LogP contribution in [0.1, 0.15) is 22.5 Å². The van der Waals surface area contributed by atoms with E-state index in [-0.39, 0.29) is 21.2 Å². The van der Waals surface area contributed by atoms with E-state index in [2.05, 4.69) is 5.32 Å². The fourth-order valence-electron chi connectivity index (χ4n) is 2.41. The van der Waals surface area contributed by atoms with Crippen molar-refractivity contribution in [1.29, 1.82) is 0 Å². The van der Waals surface area contributed by atoms with Gasteiger partial charge in [0.25, 0.3) is 5.91 Å². The Hall–Kier alpha value is -1.90. The molecule has 1 fully saturated rings. The van der Waals surface area contributed by atoms with Gasteiger partial charge in [0.05, 0.1) is 15.5 Å². The SMILES string of the molecule is O=C(Nc1ccccc1O)c1cc(S(=O)(=O)N2CCCC2)cs1. The Morgan fingerprint density at radius 2 is 1.91 bits per heavy atom. The maximum absolute atomic E-state index is 12.4. The topological polar surface area (TPSA) is 86.7 Å². The van der Waals surface area contributed by atoms with Crippen molar-refractivity contribution in [1.82, 2.24) is 4.31 Å². The molecular weight excluding hydrogens is 336 g/mol. The first-order valence-electron chi connectivity index (χ1n) is 7.16. The highest BCUT2D eigenvalue weighted by molar-refractivity contribution is 7.89. The summed E-state index contributed by atoms with van der Waals surface area (Å²) in [5.41, 5.74) is 0.287. The highest BCUT2D eigenvalue weighted by Crippen LogP contribution is 2.27. The Morgan fingerprint density at radius 1 is 1.22 bits per heavy atom. The third kappa shape index (κ3) is 3.24. The number of aromatic hydroxyl groups is 1. The zero-order chi connectivity index (χ0) is 16.4. The molecule has 1 amide bonds. The molecule has 3 rings (SSSR count). The highest BCUT2D eigenvalue weighted by atomic mass is 32.2. The van der Waals surface area contributed by atoms with E-state index in [1.807, 2.05) is 0 Å². The Kier molecular flexibility index (Phi) is 4.38. The summed E-state index contributed by atoms with van der Waals surface area (Å²) in [7, 11) is -3.52. The maximum Gasteiger partial charge on any atom is 0.265 e. The molecule has 1 aromatic carbocycles. The van der Waals surface area contributed by atoms with Gasteiger partial charge in [0.15, 0.2) is 0 Å². The summed E-state index contributed by atoms with van der Waals surface area (Å²) in [5.74, 6) is -0.485. The number of phenolic OH excluding ortho intramolecular Hbond substituents is 1. The molecule has 2 aromatic rings. The molecular formula is C15H16N2O4S2. The van der Waals surface area contributed by atoms with Gasteiger partial charge in [-0.2, -0.15) is 4.31 Å². The van der Waals surface area contributed by atoms with Crippen molar-refractivity contribution in [2.45, 2.75) is 17.7 Å². The van der Waals surface area contributed by atoms with Gasteiger partial charge in [-0.25, -0.2) is 8.42 Å². The molecule has 1 saturated heterocycles. The van der Waals surface area contributed by atoms with Crippen LogP contribution >= 0.6 is 11.3 Å². The summed E-state index contributed by atoms with van der Waals surface area (Å²) in [5, 5.41) is 13.7. The minimum Gasteiger partial charge on any atom is -0.506 e. The van der Waals surface area contributed by atoms with Gasteiger partial charge < -0.3 is 10.4 Å². The fourth-order valence-corrected chi connectivity index (χ4v) is 5.09. The Morgan fingerprint density at radius 3 is 2.61 bits per heavy atom. The number of amides is 1. The quantitative estimate of drug-likeness (QED) is 0.828. The lowest BCUT2D eigenvalue weighted by Gasteiger charge is -2.13. The van der Waals surface area contributed by atoms with Crippen molar-refractivity contribution in [3.8, 4) is 5.75 Å². The lowest BCUT2D eigenvalue weighted by Crippen LogP contribution is -2.27. The number of sulfonamides is 1. The molecule has 122 valence electrons. The van der Waals surface area contributed by atoms with Gasteiger partial charge in [-0.3, -0.25) is 4.79 Å². The summed E-state index contributed by atoms with van der Waals surface area (Å²) in [6, 6.07) is 7.76. The molecule has 2 heterocycles. The largest absolute Gasteiger partial charge is 0.506 e. The second kappa shape index (κ2) is 6.31. The lowest BCUT2D eigenvalue weighted by atomic mass is 10.3. The number of rotatable bonds is 4. The number of thiophene rings is 1. The Labute approximate surface area is 138 Å². The average Bonchev–Trinajstić information content (AvgIpc) is 3.21. The molecule has 0 saturated carbocycles. The number of carbonyl (C=O) groups excluding carboxylic acids is 1. The molecule has 8 heteroatoms. The summed E-state index contributed by atoms with van der Waals surface area (Å²) >= 11 is 1.07. The number of para-hydroxylation sites is 2. The zero-order valence-corrected chi connectivity index (χ0v) is 13.9. The molecule has 2 N–H and O–H groups in total. The summed E-state index contributed by atoms with van der Waals surface area (Å²) < 4.78 is 26.3. The van der Waals surface area contributed by atoms with Gasteiger partial charge in [0, 0.05) is 18.5 Å². The average molecular weight is 352 g/mol. The van der Waals surface area contributed by atoms with Crippen LogP contribution in [0.2, 0.25) is 0 Å². The van der Waals surface area contributed by atoms with Crippen molar-refractivity contribution >= 4 is 33.0 Å². The van der Waals surface area contributed by atoms with Gasteiger partial charge >= 0.3 is 0 Å². The maximum atomic E-state index is 12.4. The molecule has 0 unspecified atom stereocenters. The standard InChI is InChI=1S/C15H16N2O4S2/c18-13-6-2-1-5-12(13)16-15(19)14-9-11(10-22-14)23(20,21)17-7-3-4-8-17/h1-2,5-6,9-10,18H,3-4,7-8H2,(H,16,19). The Bertz CT molecular complexity index is 824. The van der Waals surface area contributed by atoms with E-state index in [0.29, 0.717) is 13.1 Å². The lowest BCUT2D eigenvalue weighted by molar-refractivity contribution is 0.103. The van der Waals surface area contributed by atoms with Gasteiger partial charge in [-0.05, 0) is 31.0 Å². The first-order chi connectivity index (χ1) is 11.0. The van der Waals surface area contributed by atoms with E-state index in [9.17, 15) is 18.3 Å². The summed E-state index contributed by atoms with van der Waals surface area (Å²) in [6.45, 7) is 1.05. The molecule has 0 atom stereocenters. The summed E-state index contributed by atoms with van der Waals surface area (Å²) in [4.78, 5) is 12.6. The van der Waals surface area contributed by atoms with Crippen LogP contribution in [-0.2, 0) is 10.0 Å². The Balaban J connectivity index is 1.79. The second-order valence-corrected chi connectivity index (χ2v) is 8.08. The highest BCUT2D eigenvalue weighted by Gasteiger charge is 2.28. The molecule has 1 aromatic heterocycles. The number of benzene rings is 1. The van der Waals surface area contributed by atoms with Gasteiger partial charge in [0.2, 0.25) is 10.0 Å². The van der Waals surface area contributed by atoms with E-state index in [1.54, 1.807) is 18.2 Å². The number of carbonyl (C=O) groups is 1. The van der Waals surface area contributed by atoms with Crippen molar-refractivity contribution in [2.24, 2.45) is 0 Å². The molecule has 1 aliphatic heterocycles. The molecule has 6 nitrogen and oxygen atoms in total. The third-order valence-corrected chi connectivity index (χ3v) is 6.61. The minimum atomic E-state index is -3.52. The number of hydrogen-bond acceptors (Lipinski definition) is 5. The molecule has 0 aliphatic carbocycles. The molecule has 0 bridgehead atoms. The first kappa shape index (κ1) is 16.0. The number of phenols is 1. The predicted octanol–water partition coefficient (Wildman–Crippen LogP) is 2.49. The van der Waals surface area contributed by atoms with Crippen LogP contribution in [0.4, 0.5) is 5.69 Å². The zero-order valence-electron chi connectivity index (χ0n) is 12.2. The summed E-state index contributed by atoms with van der Waals surface area (Å²) in [6.07, 6.45) is 1.73. The van der Waals surface area contributed by atoms with E-state index in [1.165, 1.54) is 21.8 Å². The van der Waals surface area contributed by atoms with E-state index >= 15 is 0 Å². The number of hydrogen-bond donors (Lipinski definition) is 2. The van der Waals surface area contributed by atoms with Crippen molar-refractivity contribution < 1.29 is 18.3 Å². The molecule has 0 radical (unpaired) electrons. The number of nitrogens with one attached hydrogen (secondary N) is 1. The van der Waals surface area contributed by atoms with Gasteiger partial charge in [0.1, 0.15) is 5.75 Å². The van der Waals surface area contributed by atoms with Crippen LogP contribution in [-0.4, -0.2) is 36.8 Å². The van der Waals surface area contributed by atoms with Crippen molar-refractivity contribution in [3.63, 3.8) is 0 Å². The normalized spacial score (nSPS) is 15.7. The monoisotopic (exact) mass is 352 g/mol. The molecule has 23 heavy (non-hydrogen) atoms. The number of anilines is 1. The third-order valence-electron chi connectivity index (χ3n) is 3.65. The van der Waals surface area contributed by atoms with Gasteiger partial charge in [-0.15, -0.1) is 11.3 Å². The minimum absolute atomic E-state index is 0.0395. The van der Waals surface area contributed by atoms with Crippen LogP contribution < -0.4 is 5.32 Å². The smallest absolute Gasteiger partial charge is 0.265 e. The predicted molar refractivity (Wildman–Crippen MR) is 88.4 cm³/mol. The van der Waals surface area contributed by atoms with Crippen molar-refractivity contribution in [2.75, 3.05) is 18.4 Å². The molecule has 1 aliphatic rings. The van der Waals surface area contributed by atoms with Crippen LogP contribution in [0.15, 0.2) is 40.6 Å². The van der Waals surface area contributed by atoms with Crippen LogP contribution in [0.3, 0.4) is 0 Å². The first-order valence-corrected chi connectivity index (χ1v) is 9.48. The van der Waals surface area contributed by atoms with Crippen LogP contribution in [0, 0.1) is 0 Å². The second-order valence-electron chi connectivity index (χ2n) is 5.23. The van der Waals surface area contributed by atoms with E-state index in [4.69, 9.17) is 0 Å². The van der Waals surface area contributed by atoms with E-state index in [0.717, 1.165) is 24.2 Å². The molecule has 0 spiro atoms. The van der Waals surface area contributed by atoms with Crippen LogP contribution in [0.5, 0.6) is 5.75 Å². The number of nitrogens with zero attached hydrogens (tertiary/aromatic N) is 1. The van der Waals surface area contributed by atoms with Crippen LogP contribution in [0.25, 0.3) is 0 Å². The van der Waals surface area contributed by atoms with Gasteiger partial charge in [-0.1, -0.05) is 12.1 Å².